The van der Waals surface area contributed by atoms with Crippen LogP contribution in [0.15, 0.2) is 97.1 Å². The molecule has 0 heterocycles. The average molecular weight is 644 g/mol. The Hall–Kier alpha value is -3.83. The van der Waals surface area contributed by atoms with Crippen molar-refractivity contribution in [1.82, 2.24) is 0 Å². The van der Waals surface area contributed by atoms with E-state index in [0.717, 1.165) is 12.1 Å². The van der Waals surface area contributed by atoms with Gasteiger partial charge in [0.1, 0.15) is 5.75 Å². The van der Waals surface area contributed by atoms with Gasteiger partial charge in [0.25, 0.3) is 5.91 Å². The molecule has 0 saturated heterocycles. The monoisotopic (exact) mass is 643 g/mol. The molecule has 0 aromatic heterocycles. The number of hydrogen-bond donors (Lipinski definition) is 1. The molecule has 0 bridgehead atoms. The van der Waals surface area contributed by atoms with E-state index in [0.29, 0.717) is 11.1 Å². The van der Waals surface area contributed by atoms with Gasteiger partial charge in [-0.05, 0) is 47.5 Å². The molecule has 6 nitrogen and oxygen atoms in total. The number of hydrogen-bond acceptors (Lipinski definition) is 5. The second-order valence-electron chi connectivity index (χ2n) is 8.91. The van der Waals surface area contributed by atoms with Gasteiger partial charge in [0.05, 0.1) is 35.6 Å². The summed E-state index contributed by atoms with van der Waals surface area (Å²) < 4.78 is 111. The van der Waals surface area contributed by atoms with Gasteiger partial charge in [0, 0.05) is 5.02 Å². The van der Waals surface area contributed by atoms with Crippen molar-refractivity contribution in [3.05, 3.63) is 130 Å². The highest BCUT2D eigenvalue weighted by Crippen LogP contribution is 2.52. The lowest BCUT2D eigenvalue weighted by Crippen LogP contribution is -2.19. The molecule has 0 saturated carbocycles. The highest BCUT2D eigenvalue weighted by Gasteiger charge is 2.38. The van der Waals surface area contributed by atoms with Crippen molar-refractivity contribution < 1.29 is 49.3 Å². The first-order valence-corrected chi connectivity index (χ1v) is 14.1. The van der Waals surface area contributed by atoms with Crippen LogP contribution in [0.4, 0.5) is 32.0 Å². The Kier molecular flexibility index (Phi) is 9.86. The normalized spacial score (nSPS) is 12.2. The molecular weight excluding hydrogens is 623 g/mol. The molecule has 0 aliphatic rings. The highest BCUT2D eigenvalue weighted by atomic mass is 35.5. The van der Waals surface area contributed by atoms with Gasteiger partial charge in [-0.3, -0.25) is 13.8 Å². The van der Waals surface area contributed by atoms with Crippen molar-refractivity contribution in [1.29, 1.82) is 0 Å². The number of rotatable bonds is 10. The van der Waals surface area contributed by atoms with E-state index in [1.54, 1.807) is 60.7 Å². The lowest BCUT2D eigenvalue weighted by Gasteiger charge is -2.21. The zero-order valence-electron chi connectivity index (χ0n) is 21.8. The molecule has 0 spiro atoms. The van der Waals surface area contributed by atoms with Crippen molar-refractivity contribution in [2.75, 3.05) is 5.32 Å². The summed E-state index contributed by atoms with van der Waals surface area (Å²) in [6.45, 7) is -0.498. The Labute approximate surface area is 246 Å². The maximum Gasteiger partial charge on any atom is 0.530 e. The number of anilines is 1. The second kappa shape index (κ2) is 13.2. The third-order valence-electron chi connectivity index (χ3n) is 5.76. The quantitative estimate of drug-likeness (QED) is 0.138. The Morgan fingerprint density at radius 2 is 1.30 bits per heavy atom. The third kappa shape index (κ3) is 8.84. The summed E-state index contributed by atoms with van der Waals surface area (Å²) in [5.74, 6) is -1.81. The van der Waals surface area contributed by atoms with E-state index in [4.69, 9.17) is 25.2 Å². The van der Waals surface area contributed by atoms with Crippen LogP contribution >= 0.6 is 19.4 Å². The molecule has 0 radical (unpaired) electrons. The standard InChI is InChI=1S/C29H21ClF6NO5P/c30-22-12-14-26(23(16-22)27(38)37-25-15-21(28(31,32)33)11-13-24(25)29(34,35)36)42-43(39,40-17-19-7-3-1-4-8-19)41-18-20-9-5-2-6-10-20/h1-16H,17-18H2,(H,37,38). The number of carbonyl (C=O) groups excluding carboxylic acids is 1. The van der Waals surface area contributed by atoms with Crippen molar-refractivity contribution in [3.8, 4) is 5.75 Å². The SMILES string of the molecule is O=C(Nc1cc(C(F)(F)F)ccc1C(F)(F)F)c1cc(Cl)ccc1OP(=O)(OCc1ccccc1)OCc1ccccc1. The summed E-state index contributed by atoms with van der Waals surface area (Å²) in [4.78, 5) is 13.2. The minimum Gasteiger partial charge on any atom is -0.403 e. The van der Waals surface area contributed by atoms with E-state index in [1.807, 2.05) is 5.32 Å². The molecule has 4 aromatic rings. The first kappa shape index (κ1) is 32.1. The fraction of sp³-hybridized carbons (Fsp3) is 0.138. The lowest BCUT2D eigenvalue weighted by atomic mass is 10.1. The van der Waals surface area contributed by atoms with Gasteiger partial charge in [-0.1, -0.05) is 72.3 Å². The van der Waals surface area contributed by atoms with E-state index in [2.05, 4.69) is 0 Å². The molecule has 0 aliphatic heterocycles. The molecule has 0 aliphatic carbocycles. The number of carbonyl (C=O) groups is 1. The number of phosphoric ester groups is 1. The molecule has 1 N–H and O–H groups in total. The van der Waals surface area contributed by atoms with E-state index < -0.39 is 54.2 Å². The average Bonchev–Trinajstić information content (AvgIpc) is 2.96. The van der Waals surface area contributed by atoms with E-state index in [-0.39, 0.29) is 36.4 Å². The van der Waals surface area contributed by atoms with Crippen LogP contribution in [0.25, 0.3) is 0 Å². The van der Waals surface area contributed by atoms with Crippen LogP contribution in [0.1, 0.15) is 32.6 Å². The van der Waals surface area contributed by atoms with E-state index in [1.165, 1.54) is 6.07 Å². The fourth-order valence-corrected chi connectivity index (χ4v) is 5.05. The minimum absolute atomic E-state index is 0.0807. The Morgan fingerprint density at radius 3 is 1.81 bits per heavy atom. The molecular formula is C29H21ClF6NO5P. The van der Waals surface area contributed by atoms with Crippen LogP contribution < -0.4 is 9.84 Å². The first-order chi connectivity index (χ1) is 20.2. The van der Waals surface area contributed by atoms with Crippen molar-refractivity contribution in [2.45, 2.75) is 25.6 Å². The summed E-state index contributed by atoms with van der Waals surface area (Å²) in [5.41, 5.74) is -3.49. The Morgan fingerprint density at radius 1 is 0.744 bits per heavy atom. The van der Waals surface area contributed by atoms with Gasteiger partial charge in [0.15, 0.2) is 0 Å². The summed E-state index contributed by atoms with van der Waals surface area (Å²) in [6.07, 6.45) is -10.1. The van der Waals surface area contributed by atoms with Crippen LogP contribution in [-0.4, -0.2) is 5.91 Å². The summed E-state index contributed by atoms with van der Waals surface area (Å²) in [7, 11) is -4.55. The minimum atomic E-state index is -5.10. The molecule has 43 heavy (non-hydrogen) atoms. The van der Waals surface area contributed by atoms with Crippen LogP contribution in [0, 0.1) is 0 Å². The van der Waals surface area contributed by atoms with Gasteiger partial charge in [-0.15, -0.1) is 0 Å². The molecule has 226 valence electrons. The van der Waals surface area contributed by atoms with Crippen LogP contribution in [0.5, 0.6) is 5.75 Å². The number of benzene rings is 4. The van der Waals surface area contributed by atoms with E-state index >= 15 is 0 Å². The van der Waals surface area contributed by atoms with Crippen molar-refractivity contribution >= 4 is 31.0 Å². The summed E-state index contributed by atoms with van der Waals surface area (Å²) in [6, 6.07) is 21.0. The summed E-state index contributed by atoms with van der Waals surface area (Å²) >= 11 is 6.01. The molecule has 0 atom stereocenters. The molecule has 4 rings (SSSR count). The maximum absolute atomic E-state index is 13.8. The Bertz CT molecular complexity index is 1570. The van der Waals surface area contributed by atoms with Crippen molar-refractivity contribution in [3.63, 3.8) is 0 Å². The van der Waals surface area contributed by atoms with Gasteiger partial charge in [0.2, 0.25) is 0 Å². The van der Waals surface area contributed by atoms with Crippen molar-refractivity contribution in [2.24, 2.45) is 0 Å². The fourth-order valence-electron chi connectivity index (χ4n) is 3.69. The highest BCUT2D eigenvalue weighted by molar-refractivity contribution is 7.48. The van der Waals surface area contributed by atoms with Crippen LogP contribution in [0.2, 0.25) is 5.02 Å². The third-order valence-corrected chi connectivity index (χ3v) is 7.31. The summed E-state index contributed by atoms with van der Waals surface area (Å²) in [5, 5.41) is 1.77. The number of amides is 1. The number of alkyl halides is 6. The molecule has 4 aromatic carbocycles. The first-order valence-electron chi connectivity index (χ1n) is 12.3. The number of halogens is 7. The second-order valence-corrected chi connectivity index (χ2v) is 10.9. The van der Waals surface area contributed by atoms with E-state index in [9.17, 15) is 35.7 Å². The topological polar surface area (TPSA) is 73.9 Å². The molecule has 0 unspecified atom stereocenters. The zero-order valence-corrected chi connectivity index (χ0v) is 23.4. The smallest absolute Gasteiger partial charge is 0.403 e. The zero-order chi connectivity index (χ0) is 31.3. The number of nitrogens with one attached hydrogen (secondary N) is 1. The van der Waals surface area contributed by atoms with Crippen LogP contribution in [-0.2, 0) is 39.2 Å². The lowest BCUT2D eigenvalue weighted by molar-refractivity contribution is -0.140. The Balaban J connectivity index is 1.67. The van der Waals surface area contributed by atoms with Gasteiger partial charge >= 0.3 is 20.2 Å². The maximum atomic E-state index is 13.8. The largest absolute Gasteiger partial charge is 0.530 e. The van der Waals surface area contributed by atoms with Gasteiger partial charge in [-0.2, -0.15) is 26.3 Å². The predicted octanol–water partition coefficient (Wildman–Crippen LogP) is 9.55. The molecule has 0 fully saturated rings. The molecule has 1 amide bonds. The van der Waals surface area contributed by atoms with Gasteiger partial charge in [-0.25, -0.2) is 4.57 Å². The predicted molar refractivity (Wildman–Crippen MR) is 147 cm³/mol. The van der Waals surface area contributed by atoms with Crippen LogP contribution in [0.3, 0.4) is 0 Å². The van der Waals surface area contributed by atoms with Gasteiger partial charge < -0.3 is 9.84 Å². The molecule has 14 heteroatoms. The number of phosphoric acid groups is 1.